The van der Waals surface area contributed by atoms with Crippen LogP contribution in [0.3, 0.4) is 0 Å². The molecule has 3 saturated heterocycles. The van der Waals surface area contributed by atoms with Gasteiger partial charge >= 0.3 is 0 Å². The van der Waals surface area contributed by atoms with Gasteiger partial charge in [-0.05, 0) is 87.9 Å². The highest BCUT2D eigenvalue weighted by Gasteiger charge is 2.72. The zero-order valence-electron chi connectivity index (χ0n) is 23.1. The average Bonchev–Trinajstić information content (AvgIpc) is 3.61. The van der Waals surface area contributed by atoms with E-state index in [9.17, 15) is 0 Å². The van der Waals surface area contributed by atoms with Crippen LogP contribution in [0.15, 0.2) is 0 Å². The third-order valence-electron chi connectivity index (χ3n) is 11.9. The normalized spacial score (nSPS) is 41.5. The highest BCUT2D eigenvalue weighted by Crippen LogP contribution is 2.63. The summed E-state index contributed by atoms with van der Waals surface area (Å²) in [7, 11) is 0. The van der Waals surface area contributed by atoms with Crippen molar-refractivity contribution in [1.82, 2.24) is 20.2 Å². The van der Waals surface area contributed by atoms with Crippen LogP contribution in [0, 0.1) is 23.7 Å². The van der Waals surface area contributed by atoms with Crippen LogP contribution in [0.2, 0.25) is 0 Å². The molecule has 7 fully saturated rings. The summed E-state index contributed by atoms with van der Waals surface area (Å²) in [6.45, 7) is 8.46. The summed E-state index contributed by atoms with van der Waals surface area (Å²) in [5, 5.41) is 9.81. The van der Waals surface area contributed by atoms with Crippen molar-refractivity contribution in [2.24, 2.45) is 23.7 Å². The first kappa shape index (κ1) is 24.8. The largest absolute Gasteiger partial charge is 0.366 e. The monoisotopic (exact) mass is 498 g/mol. The molecule has 3 heterocycles. The van der Waals surface area contributed by atoms with Gasteiger partial charge in [0.05, 0.1) is 6.10 Å². The van der Waals surface area contributed by atoms with Gasteiger partial charge in [0.2, 0.25) is 0 Å². The van der Waals surface area contributed by atoms with Crippen molar-refractivity contribution in [3.05, 3.63) is 0 Å². The molecule has 0 spiro atoms. The Morgan fingerprint density at radius 2 is 1.17 bits per heavy atom. The molecule has 0 aromatic rings. The molecule has 3 unspecified atom stereocenters. The fraction of sp³-hybridized carbons (Fsp3) is 1.00. The number of hydrogen-bond donors (Lipinski definition) is 1. The maximum Gasteiger partial charge on any atom is 0.120 e. The zero-order valence-corrected chi connectivity index (χ0v) is 23.1. The molecule has 3 atom stereocenters. The number of ether oxygens (including phenoxy) is 1. The van der Waals surface area contributed by atoms with Crippen LogP contribution < -0.4 is 5.32 Å². The third kappa shape index (κ3) is 3.96. The topological polar surface area (TPSA) is 31.0 Å². The number of hydrogen-bond acceptors (Lipinski definition) is 5. The molecule has 0 amide bonds. The summed E-state index contributed by atoms with van der Waals surface area (Å²) >= 11 is 0. The van der Waals surface area contributed by atoms with E-state index in [1.807, 2.05) is 0 Å². The van der Waals surface area contributed by atoms with E-state index in [1.54, 1.807) is 0 Å². The Morgan fingerprint density at radius 1 is 0.583 bits per heavy atom. The van der Waals surface area contributed by atoms with E-state index in [0.717, 1.165) is 36.8 Å². The standard InChI is InChI=1S/C31H54N4O/c1-3-12-28(13-4-1)31(33-22-18-32-19-23-33)30(27-14-9-15-27,26-10-5-6-11-26)36-29(25-16-17-25)24-35(31)34-20-7-2-8-21-34/h25-29,32H,1-24H2. The van der Waals surface area contributed by atoms with Crippen LogP contribution >= 0.6 is 0 Å². The van der Waals surface area contributed by atoms with E-state index >= 15 is 0 Å². The van der Waals surface area contributed by atoms with E-state index in [0.29, 0.717) is 6.10 Å². The lowest BCUT2D eigenvalue weighted by Crippen LogP contribution is -2.87. The van der Waals surface area contributed by atoms with Crippen LogP contribution in [0.25, 0.3) is 0 Å². The second kappa shape index (κ2) is 10.4. The van der Waals surface area contributed by atoms with E-state index in [4.69, 9.17) is 4.74 Å². The van der Waals surface area contributed by atoms with E-state index < -0.39 is 0 Å². The van der Waals surface area contributed by atoms with Crippen LogP contribution in [0.4, 0.5) is 0 Å². The molecule has 36 heavy (non-hydrogen) atoms. The van der Waals surface area contributed by atoms with E-state index in [-0.39, 0.29) is 11.3 Å². The molecule has 0 radical (unpaired) electrons. The number of piperazine rings is 1. The summed E-state index contributed by atoms with van der Waals surface area (Å²) in [6, 6.07) is 0. The van der Waals surface area contributed by atoms with Gasteiger partial charge in [0.1, 0.15) is 11.3 Å². The lowest BCUT2D eigenvalue weighted by Gasteiger charge is -2.73. The Balaban J connectivity index is 1.43. The van der Waals surface area contributed by atoms with Crippen LogP contribution in [-0.2, 0) is 4.74 Å². The molecule has 7 aliphatic rings. The van der Waals surface area contributed by atoms with Crippen molar-refractivity contribution in [3.63, 3.8) is 0 Å². The first-order chi connectivity index (χ1) is 17.8. The molecular weight excluding hydrogens is 444 g/mol. The Bertz CT molecular complexity index is 711. The number of piperidine rings is 1. The first-order valence-electron chi connectivity index (χ1n) is 16.5. The summed E-state index contributed by atoms with van der Waals surface area (Å²) in [5.74, 6) is 3.11. The molecule has 204 valence electrons. The van der Waals surface area contributed by atoms with Gasteiger partial charge in [0.25, 0.3) is 0 Å². The quantitative estimate of drug-likeness (QED) is 0.529. The van der Waals surface area contributed by atoms with Gasteiger partial charge in [-0.15, -0.1) is 0 Å². The van der Waals surface area contributed by atoms with Gasteiger partial charge in [-0.25, -0.2) is 10.0 Å². The van der Waals surface area contributed by atoms with Crippen LogP contribution in [-0.4, -0.2) is 78.1 Å². The van der Waals surface area contributed by atoms with Gasteiger partial charge in [-0.1, -0.05) is 44.9 Å². The molecule has 5 heteroatoms. The van der Waals surface area contributed by atoms with Crippen LogP contribution in [0.1, 0.15) is 109 Å². The van der Waals surface area contributed by atoms with Crippen molar-refractivity contribution >= 4 is 0 Å². The third-order valence-corrected chi connectivity index (χ3v) is 11.9. The molecule has 5 nitrogen and oxygen atoms in total. The predicted molar refractivity (Wildman–Crippen MR) is 146 cm³/mol. The fourth-order valence-electron chi connectivity index (χ4n) is 10.1. The SMILES string of the molecule is C1CCC(C2(N3CCNCC3)N(N3CCCCC3)CC(C3CC3)OC2(C2CCCC2)C2CCC2)CC1. The minimum absolute atomic E-state index is 0.0318. The second-order valence-corrected chi connectivity index (χ2v) is 13.8. The minimum atomic E-state index is 0.0318. The number of morpholine rings is 1. The average molecular weight is 499 g/mol. The van der Waals surface area contributed by atoms with Crippen molar-refractivity contribution in [1.29, 1.82) is 0 Å². The molecule has 4 saturated carbocycles. The van der Waals surface area contributed by atoms with Crippen molar-refractivity contribution in [3.8, 4) is 0 Å². The van der Waals surface area contributed by atoms with Crippen molar-refractivity contribution in [2.45, 2.75) is 127 Å². The first-order valence-corrected chi connectivity index (χ1v) is 16.5. The molecule has 0 aromatic heterocycles. The Labute approximate surface area is 221 Å². The fourth-order valence-corrected chi connectivity index (χ4v) is 10.1. The summed E-state index contributed by atoms with van der Waals surface area (Å²) in [6.07, 6.45) is 24.6. The summed E-state index contributed by atoms with van der Waals surface area (Å²) in [5.41, 5.74) is 0.0996. The molecule has 1 N–H and O–H groups in total. The lowest BCUT2D eigenvalue weighted by molar-refractivity contribution is -0.383. The lowest BCUT2D eigenvalue weighted by atomic mass is 9.54. The van der Waals surface area contributed by atoms with Crippen molar-refractivity contribution in [2.75, 3.05) is 45.8 Å². The second-order valence-electron chi connectivity index (χ2n) is 13.8. The maximum atomic E-state index is 8.00. The molecule has 4 aliphatic carbocycles. The highest BCUT2D eigenvalue weighted by atomic mass is 16.5. The van der Waals surface area contributed by atoms with Gasteiger partial charge in [0, 0.05) is 45.8 Å². The molecule has 0 aromatic carbocycles. The van der Waals surface area contributed by atoms with Gasteiger partial charge in [-0.2, -0.15) is 0 Å². The predicted octanol–water partition coefficient (Wildman–Crippen LogP) is 5.41. The highest BCUT2D eigenvalue weighted by molar-refractivity contribution is 5.21. The maximum absolute atomic E-state index is 8.00. The van der Waals surface area contributed by atoms with Gasteiger partial charge < -0.3 is 10.1 Å². The molecular formula is C31H54N4O. The van der Waals surface area contributed by atoms with Crippen molar-refractivity contribution < 1.29 is 4.74 Å². The zero-order chi connectivity index (χ0) is 24.0. The number of rotatable bonds is 6. The molecule has 7 rings (SSSR count). The Kier molecular flexibility index (Phi) is 7.18. The summed E-state index contributed by atoms with van der Waals surface area (Å²) < 4.78 is 8.00. The van der Waals surface area contributed by atoms with Crippen LogP contribution in [0.5, 0.6) is 0 Å². The minimum Gasteiger partial charge on any atom is -0.366 e. The number of nitrogens with zero attached hydrogens (tertiary/aromatic N) is 3. The summed E-state index contributed by atoms with van der Waals surface area (Å²) in [4.78, 5) is 3.08. The van der Waals surface area contributed by atoms with E-state index in [1.165, 1.54) is 142 Å². The Hall–Kier alpha value is -0.200. The number of nitrogens with one attached hydrogen (secondary N) is 1. The molecule has 0 bridgehead atoms. The van der Waals surface area contributed by atoms with E-state index in [2.05, 4.69) is 20.2 Å². The van der Waals surface area contributed by atoms with Gasteiger partial charge in [-0.3, -0.25) is 4.90 Å². The van der Waals surface area contributed by atoms with Gasteiger partial charge in [0.15, 0.2) is 0 Å². The number of hydrazine groups is 1. The smallest absolute Gasteiger partial charge is 0.120 e. The Morgan fingerprint density at radius 3 is 1.78 bits per heavy atom. The molecule has 3 aliphatic heterocycles.